The first kappa shape index (κ1) is 12.7. The number of anilines is 1. The van der Waals surface area contributed by atoms with Crippen LogP contribution in [0.4, 0.5) is 5.69 Å². The van der Waals surface area contributed by atoms with Crippen molar-refractivity contribution in [3.63, 3.8) is 0 Å². The molecule has 18 heavy (non-hydrogen) atoms. The number of carbonyl (C=O) groups excluding carboxylic acids is 1. The van der Waals surface area contributed by atoms with E-state index in [0.29, 0.717) is 5.69 Å². The van der Waals surface area contributed by atoms with Gasteiger partial charge in [-0.05, 0) is 37.1 Å². The van der Waals surface area contributed by atoms with Crippen LogP contribution in [0.5, 0.6) is 0 Å². The van der Waals surface area contributed by atoms with E-state index in [9.17, 15) is 4.79 Å². The summed E-state index contributed by atoms with van der Waals surface area (Å²) in [5.74, 6) is -0.260. The SMILES string of the molecule is Cc1cc(NC(=O)c2cnccn2)cc(C)c1Br. The van der Waals surface area contributed by atoms with E-state index >= 15 is 0 Å². The summed E-state index contributed by atoms with van der Waals surface area (Å²) < 4.78 is 1.06. The second-order valence-corrected chi connectivity index (χ2v) is 4.76. The van der Waals surface area contributed by atoms with Crippen molar-refractivity contribution in [2.75, 3.05) is 5.32 Å². The number of carbonyl (C=O) groups is 1. The topological polar surface area (TPSA) is 54.9 Å². The quantitative estimate of drug-likeness (QED) is 0.927. The van der Waals surface area contributed by atoms with Gasteiger partial charge in [-0.3, -0.25) is 9.78 Å². The molecule has 5 heteroatoms. The van der Waals surface area contributed by atoms with E-state index in [4.69, 9.17) is 0 Å². The van der Waals surface area contributed by atoms with Crippen LogP contribution >= 0.6 is 15.9 Å². The molecular formula is C13H12BrN3O. The van der Waals surface area contributed by atoms with Gasteiger partial charge in [0.25, 0.3) is 5.91 Å². The molecule has 0 unspecified atom stereocenters. The van der Waals surface area contributed by atoms with E-state index in [2.05, 4.69) is 31.2 Å². The predicted molar refractivity (Wildman–Crippen MR) is 73.6 cm³/mol. The molecule has 0 fully saturated rings. The van der Waals surface area contributed by atoms with E-state index in [0.717, 1.165) is 21.3 Å². The first-order valence-corrected chi connectivity index (χ1v) is 6.21. The molecule has 0 aliphatic heterocycles. The summed E-state index contributed by atoms with van der Waals surface area (Å²) in [7, 11) is 0. The molecule has 1 aromatic heterocycles. The van der Waals surface area contributed by atoms with Gasteiger partial charge in [-0.15, -0.1) is 0 Å². The first-order valence-electron chi connectivity index (χ1n) is 5.42. The second-order valence-electron chi connectivity index (χ2n) is 3.97. The Morgan fingerprint density at radius 1 is 1.22 bits per heavy atom. The minimum Gasteiger partial charge on any atom is -0.321 e. The minimum absolute atomic E-state index is 0.260. The van der Waals surface area contributed by atoms with Crippen molar-refractivity contribution in [1.29, 1.82) is 0 Å². The molecule has 2 rings (SSSR count). The monoisotopic (exact) mass is 305 g/mol. The van der Waals surface area contributed by atoms with Crippen LogP contribution in [-0.2, 0) is 0 Å². The largest absolute Gasteiger partial charge is 0.321 e. The molecule has 1 heterocycles. The van der Waals surface area contributed by atoms with Crippen LogP contribution in [0.15, 0.2) is 35.2 Å². The van der Waals surface area contributed by atoms with Crippen LogP contribution < -0.4 is 5.32 Å². The van der Waals surface area contributed by atoms with Crippen molar-refractivity contribution < 1.29 is 4.79 Å². The number of aryl methyl sites for hydroxylation is 2. The average molecular weight is 306 g/mol. The third-order valence-electron chi connectivity index (χ3n) is 2.49. The van der Waals surface area contributed by atoms with Crippen molar-refractivity contribution in [1.82, 2.24) is 9.97 Å². The standard InChI is InChI=1S/C13H12BrN3O/c1-8-5-10(6-9(2)12(8)14)17-13(18)11-7-15-3-4-16-11/h3-7H,1-2H3,(H,17,18). The Bertz CT molecular complexity index is 561. The predicted octanol–water partition coefficient (Wildman–Crippen LogP) is 3.11. The Balaban J connectivity index is 2.23. The maximum Gasteiger partial charge on any atom is 0.275 e. The van der Waals surface area contributed by atoms with Crippen molar-refractivity contribution >= 4 is 27.5 Å². The fourth-order valence-electron chi connectivity index (χ4n) is 1.63. The Morgan fingerprint density at radius 3 is 2.44 bits per heavy atom. The highest BCUT2D eigenvalue weighted by Crippen LogP contribution is 2.25. The lowest BCUT2D eigenvalue weighted by Crippen LogP contribution is -2.14. The lowest BCUT2D eigenvalue weighted by atomic mass is 10.1. The van der Waals surface area contributed by atoms with Gasteiger partial charge in [0.05, 0.1) is 6.20 Å². The molecule has 1 N–H and O–H groups in total. The Hall–Kier alpha value is -1.75. The smallest absolute Gasteiger partial charge is 0.275 e. The zero-order valence-corrected chi connectivity index (χ0v) is 11.7. The van der Waals surface area contributed by atoms with Crippen molar-refractivity contribution in [2.45, 2.75) is 13.8 Å². The van der Waals surface area contributed by atoms with Crippen molar-refractivity contribution in [3.8, 4) is 0 Å². The van der Waals surface area contributed by atoms with Crippen LogP contribution in [0, 0.1) is 13.8 Å². The van der Waals surface area contributed by atoms with Gasteiger partial charge in [0.1, 0.15) is 5.69 Å². The molecule has 0 radical (unpaired) electrons. The molecule has 0 atom stereocenters. The van der Waals surface area contributed by atoms with Crippen LogP contribution in [0.1, 0.15) is 21.6 Å². The van der Waals surface area contributed by atoms with Gasteiger partial charge in [0.2, 0.25) is 0 Å². The van der Waals surface area contributed by atoms with Crippen LogP contribution in [0.25, 0.3) is 0 Å². The van der Waals surface area contributed by atoms with Crippen LogP contribution in [0.3, 0.4) is 0 Å². The molecule has 92 valence electrons. The number of hydrogen-bond donors (Lipinski definition) is 1. The molecule has 1 aromatic carbocycles. The van der Waals surface area contributed by atoms with E-state index in [1.807, 2.05) is 26.0 Å². The maximum atomic E-state index is 11.9. The molecule has 0 aliphatic carbocycles. The van der Waals surface area contributed by atoms with E-state index in [-0.39, 0.29) is 5.91 Å². The molecule has 0 saturated carbocycles. The molecule has 2 aromatic rings. The normalized spacial score (nSPS) is 10.2. The number of benzene rings is 1. The molecule has 0 saturated heterocycles. The zero-order chi connectivity index (χ0) is 13.1. The fraction of sp³-hybridized carbons (Fsp3) is 0.154. The minimum atomic E-state index is -0.260. The summed E-state index contributed by atoms with van der Waals surface area (Å²) >= 11 is 3.49. The van der Waals surface area contributed by atoms with Gasteiger partial charge < -0.3 is 5.32 Å². The zero-order valence-electron chi connectivity index (χ0n) is 10.1. The highest BCUT2D eigenvalue weighted by atomic mass is 79.9. The number of nitrogens with zero attached hydrogens (tertiary/aromatic N) is 2. The summed E-state index contributed by atoms with van der Waals surface area (Å²) in [5.41, 5.74) is 3.20. The van der Waals surface area contributed by atoms with Gasteiger partial charge in [0.15, 0.2) is 0 Å². The summed E-state index contributed by atoms with van der Waals surface area (Å²) in [5, 5.41) is 2.80. The third-order valence-corrected chi connectivity index (χ3v) is 3.74. The van der Waals surface area contributed by atoms with Gasteiger partial charge >= 0.3 is 0 Å². The third kappa shape index (κ3) is 2.73. The van der Waals surface area contributed by atoms with Crippen LogP contribution in [0.2, 0.25) is 0 Å². The Labute approximate surface area is 114 Å². The maximum absolute atomic E-state index is 11.9. The molecule has 0 bridgehead atoms. The molecule has 0 spiro atoms. The number of rotatable bonds is 2. The van der Waals surface area contributed by atoms with Gasteiger partial charge in [0, 0.05) is 22.6 Å². The van der Waals surface area contributed by atoms with Gasteiger partial charge in [-0.1, -0.05) is 15.9 Å². The number of nitrogens with one attached hydrogen (secondary N) is 1. The van der Waals surface area contributed by atoms with E-state index < -0.39 is 0 Å². The molecule has 0 aliphatic rings. The lowest BCUT2D eigenvalue weighted by Gasteiger charge is -2.09. The summed E-state index contributed by atoms with van der Waals surface area (Å²) in [4.78, 5) is 19.7. The van der Waals surface area contributed by atoms with Crippen molar-refractivity contribution in [2.24, 2.45) is 0 Å². The number of hydrogen-bond acceptors (Lipinski definition) is 3. The molecule has 1 amide bonds. The van der Waals surface area contributed by atoms with E-state index in [1.54, 1.807) is 0 Å². The molecule has 4 nitrogen and oxygen atoms in total. The summed E-state index contributed by atoms with van der Waals surface area (Å²) in [6.45, 7) is 3.96. The van der Waals surface area contributed by atoms with Gasteiger partial charge in [-0.2, -0.15) is 0 Å². The number of halogens is 1. The summed E-state index contributed by atoms with van der Waals surface area (Å²) in [6.07, 6.45) is 4.46. The second kappa shape index (κ2) is 5.27. The number of amides is 1. The summed E-state index contributed by atoms with van der Waals surface area (Å²) in [6, 6.07) is 3.82. The Morgan fingerprint density at radius 2 is 1.89 bits per heavy atom. The van der Waals surface area contributed by atoms with Crippen molar-refractivity contribution in [3.05, 3.63) is 52.0 Å². The van der Waals surface area contributed by atoms with Gasteiger partial charge in [-0.25, -0.2) is 4.98 Å². The highest BCUT2D eigenvalue weighted by Gasteiger charge is 2.09. The Kier molecular flexibility index (Phi) is 3.72. The first-order chi connectivity index (χ1) is 8.58. The van der Waals surface area contributed by atoms with Crippen LogP contribution in [-0.4, -0.2) is 15.9 Å². The fourth-order valence-corrected chi connectivity index (χ4v) is 1.86. The highest BCUT2D eigenvalue weighted by molar-refractivity contribution is 9.10. The average Bonchev–Trinajstić information content (AvgIpc) is 2.37. The number of aromatic nitrogens is 2. The lowest BCUT2D eigenvalue weighted by molar-refractivity contribution is 0.102. The van der Waals surface area contributed by atoms with E-state index in [1.165, 1.54) is 18.6 Å². The molecular weight excluding hydrogens is 294 g/mol.